The van der Waals surface area contributed by atoms with Gasteiger partial charge in [-0.3, -0.25) is 0 Å². The van der Waals surface area contributed by atoms with E-state index < -0.39 is 0 Å². The monoisotopic (exact) mass is 350 g/mol. The molecule has 0 unspecified atom stereocenters. The van der Waals surface area contributed by atoms with Crippen LogP contribution in [-0.4, -0.2) is 34.7 Å². The molecule has 1 aromatic heterocycles. The summed E-state index contributed by atoms with van der Waals surface area (Å²) in [5.41, 5.74) is 3.94. The van der Waals surface area contributed by atoms with Crippen LogP contribution in [0, 0.1) is 13.8 Å². The number of rotatable bonds is 5. The first kappa shape index (κ1) is 17.7. The maximum absolute atomic E-state index is 12.3. The topological polar surface area (TPSA) is 71.3 Å². The van der Waals surface area contributed by atoms with Crippen molar-refractivity contribution in [1.29, 1.82) is 0 Å². The number of nitrogens with zero attached hydrogens (tertiary/aromatic N) is 3. The summed E-state index contributed by atoms with van der Waals surface area (Å²) >= 11 is 0. The molecule has 0 radical (unpaired) electrons. The van der Waals surface area contributed by atoms with Crippen LogP contribution in [0.3, 0.4) is 0 Å². The van der Waals surface area contributed by atoms with E-state index in [4.69, 9.17) is 4.52 Å². The van der Waals surface area contributed by atoms with Crippen molar-refractivity contribution in [2.75, 3.05) is 18.9 Å². The number of hydrogen-bond acceptors (Lipinski definition) is 4. The SMILES string of the molecule is Cc1ccc(-c2nc(CCN(C)C(=O)Nc3cccc(C)c3)no2)cc1. The number of carbonyl (C=O) groups excluding carboxylic acids is 1. The molecule has 2 amide bonds. The van der Waals surface area contributed by atoms with Gasteiger partial charge in [0.25, 0.3) is 5.89 Å². The Bertz CT molecular complexity index is 887. The quantitative estimate of drug-likeness (QED) is 0.753. The molecule has 6 heteroatoms. The zero-order valence-electron chi connectivity index (χ0n) is 15.2. The molecule has 1 N–H and O–H groups in total. The molecule has 1 heterocycles. The summed E-state index contributed by atoms with van der Waals surface area (Å²) in [6.45, 7) is 4.51. The zero-order valence-corrected chi connectivity index (χ0v) is 15.2. The van der Waals surface area contributed by atoms with Crippen LogP contribution in [0.1, 0.15) is 17.0 Å². The second-order valence-corrected chi connectivity index (χ2v) is 6.35. The molecule has 2 aromatic carbocycles. The summed E-state index contributed by atoms with van der Waals surface area (Å²) in [4.78, 5) is 18.3. The Labute approximate surface area is 152 Å². The Balaban J connectivity index is 1.55. The van der Waals surface area contributed by atoms with Crippen LogP contribution in [0.25, 0.3) is 11.5 Å². The zero-order chi connectivity index (χ0) is 18.5. The highest BCUT2D eigenvalue weighted by atomic mass is 16.5. The van der Waals surface area contributed by atoms with Gasteiger partial charge in [0.1, 0.15) is 0 Å². The maximum Gasteiger partial charge on any atom is 0.321 e. The highest BCUT2D eigenvalue weighted by Crippen LogP contribution is 2.17. The van der Waals surface area contributed by atoms with E-state index >= 15 is 0 Å². The van der Waals surface area contributed by atoms with Crippen LogP contribution in [0.2, 0.25) is 0 Å². The lowest BCUT2D eigenvalue weighted by molar-refractivity contribution is 0.222. The molecular formula is C20H22N4O2. The first-order chi connectivity index (χ1) is 12.5. The summed E-state index contributed by atoms with van der Waals surface area (Å²) in [6, 6.07) is 15.4. The standard InChI is InChI=1S/C20H22N4O2/c1-14-7-9-16(10-8-14)19-22-18(23-26-19)11-12-24(3)20(25)21-17-6-4-5-15(2)13-17/h4-10,13H,11-12H2,1-3H3,(H,21,25). The van der Waals surface area contributed by atoms with Crippen molar-refractivity contribution in [2.24, 2.45) is 0 Å². The third-order valence-electron chi connectivity index (χ3n) is 4.05. The third kappa shape index (κ3) is 4.47. The Morgan fingerprint density at radius 1 is 1.12 bits per heavy atom. The molecule has 0 aliphatic rings. The van der Waals surface area contributed by atoms with Crippen LogP contribution < -0.4 is 5.32 Å². The van der Waals surface area contributed by atoms with Gasteiger partial charge >= 0.3 is 6.03 Å². The van der Waals surface area contributed by atoms with Crippen LogP contribution >= 0.6 is 0 Å². The van der Waals surface area contributed by atoms with E-state index in [0.717, 1.165) is 16.8 Å². The lowest BCUT2D eigenvalue weighted by atomic mass is 10.1. The van der Waals surface area contributed by atoms with Crippen molar-refractivity contribution in [3.05, 3.63) is 65.5 Å². The number of benzene rings is 2. The van der Waals surface area contributed by atoms with Crippen LogP contribution in [-0.2, 0) is 6.42 Å². The molecule has 26 heavy (non-hydrogen) atoms. The van der Waals surface area contributed by atoms with E-state index in [2.05, 4.69) is 15.5 Å². The Kier molecular flexibility index (Phi) is 5.31. The van der Waals surface area contributed by atoms with E-state index in [0.29, 0.717) is 24.7 Å². The van der Waals surface area contributed by atoms with Gasteiger partial charge < -0.3 is 14.7 Å². The minimum absolute atomic E-state index is 0.169. The Morgan fingerprint density at radius 3 is 2.62 bits per heavy atom. The smallest absolute Gasteiger partial charge is 0.321 e. The van der Waals surface area contributed by atoms with Crippen LogP contribution in [0.4, 0.5) is 10.5 Å². The molecule has 0 saturated heterocycles. The molecule has 0 aliphatic heterocycles. The predicted octanol–water partition coefficient (Wildman–Crippen LogP) is 4.06. The van der Waals surface area contributed by atoms with E-state index in [9.17, 15) is 4.79 Å². The van der Waals surface area contributed by atoms with E-state index in [-0.39, 0.29) is 6.03 Å². The van der Waals surface area contributed by atoms with Gasteiger partial charge in [-0.2, -0.15) is 4.98 Å². The fourth-order valence-corrected chi connectivity index (χ4v) is 2.48. The average Bonchev–Trinajstić information content (AvgIpc) is 3.09. The largest absolute Gasteiger partial charge is 0.334 e. The number of anilines is 1. The first-order valence-corrected chi connectivity index (χ1v) is 8.49. The third-order valence-corrected chi connectivity index (χ3v) is 4.05. The summed E-state index contributed by atoms with van der Waals surface area (Å²) in [6.07, 6.45) is 0.521. The van der Waals surface area contributed by atoms with Crippen molar-refractivity contribution in [3.8, 4) is 11.5 Å². The maximum atomic E-state index is 12.3. The van der Waals surface area contributed by atoms with Crippen molar-refractivity contribution in [1.82, 2.24) is 15.0 Å². The summed E-state index contributed by atoms with van der Waals surface area (Å²) in [5.74, 6) is 1.07. The summed E-state index contributed by atoms with van der Waals surface area (Å²) in [5, 5.41) is 6.88. The normalized spacial score (nSPS) is 10.6. The summed E-state index contributed by atoms with van der Waals surface area (Å²) < 4.78 is 5.31. The lowest BCUT2D eigenvalue weighted by Crippen LogP contribution is -2.33. The number of nitrogens with one attached hydrogen (secondary N) is 1. The van der Waals surface area contributed by atoms with Gasteiger partial charge in [0, 0.05) is 31.3 Å². The van der Waals surface area contributed by atoms with Crippen molar-refractivity contribution in [2.45, 2.75) is 20.3 Å². The van der Waals surface area contributed by atoms with Gasteiger partial charge in [-0.05, 0) is 43.7 Å². The van der Waals surface area contributed by atoms with Crippen molar-refractivity contribution >= 4 is 11.7 Å². The highest BCUT2D eigenvalue weighted by Gasteiger charge is 2.12. The molecule has 3 aromatic rings. The average molecular weight is 350 g/mol. The van der Waals surface area contributed by atoms with Crippen LogP contribution in [0.15, 0.2) is 53.1 Å². The molecule has 3 rings (SSSR count). The van der Waals surface area contributed by atoms with Gasteiger partial charge in [-0.1, -0.05) is 35.0 Å². The van der Waals surface area contributed by atoms with Gasteiger partial charge in [0.15, 0.2) is 5.82 Å². The first-order valence-electron chi connectivity index (χ1n) is 8.49. The fourth-order valence-electron chi connectivity index (χ4n) is 2.48. The van der Waals surface area contributed by atoms with Gasteiger partial charge in [-0.25, -0.2) is 4.79 Å². The second-order valence-electron chi connectivity index (χ2n) is 6.35. The Morgan fingerprint density at radius 2 is 1.88 bits per heavy atom. The van der Waals surface area contributed by atoms with Crippen LogP contribution in [0.5, 0.6) is 0 Å². The number of aromatic nitrogens is 2. The fraction of sp³-hybridized carbons (Fsp3) is 0.250. The molecule has 0 spiro atoms. The molecule has 0 atom stereocenters. The van der Waals surface area contributed by atoms with E-state index in [1.165, 1.54) is 5.56 Å². The lowest BCUT2D eigenvalue weighted by Gasteiger charge is -2.17. The Hall–Kier alpha value is -3.15. The molecular weight excluding hydrogens is 328 g/mol. The number of aryl methyl sites for hydroxylation is 2. The van der Waals surface area contributed by atoms with Crippen molar-refractivity contribution < 1.29 is 9.32 Å². The van der Waals surface area contributed by atoms with E-state index in [1.54, 1.807) is 11.9 Å². The molecule has 0 aliphatic carbocycles. The molecule has 0 saturated carbocycles. The molecule has 0 fully saturated rings. The number of likely N-dealkylation sites (N-methyl/N-ethyl adjacent to an activating group) is 1. The molecule has 0 bridgehead atoms. The highest BCUT2D eigenvalue weighted by molar-refractivity contribution is 5.89. The second kappa shape index (κ2) is 7.82. The minimum Gasteiger partial charge on any atom is -0.334 e. The number of carbonyl (C=O) groups is 1. The van der Waals surface area contributed by atoms with Crippen molar-refractivity contribution in [3.63, 3.8) is 0 Å². The van der Waals surface area contributed by atoms with Gasteiger partial charge in [0.2, 0.25) is 0 Å². The number of hydrogen-bond donors (Lipinski definition) is 1. The molecule has 134 valence electrons. The predicted molar refractivity (Wildman–Crippen MR) is 101 cm³/mol. The number of amides is 2. The summed E-state index contributed by atoms with van der Waals surface area (Å²) in [7, 11) is 1.74. The molecule has 6 nitrogen and oxygen atoms in total. The number of urea groups is 1. The van der Waals surface area contributed by atoms with Gasteiger partial charge in [-0.15, -0.1) is 0 Å². The van der Waals surface area contributed by atoms with E-state index in [1.807, 2.05) is 62.4 Å². The minimum atomic E-state index is -0.169. The van der Waals surface area contributed by atoms with Gasteiger partial charge in [0.05, 0.1) is 0 Å².